The van der Waals surface area contributed by atoms with Crippen LogP contribution in [0.4, 0.5) is 0 Å². The van der Waals surface area contributed by atoms with Crippen LogP contribution in [0.1, 0.15) is 61.7 Å². The zero-order chi connectivity index (χ0) is 22.1. The fraction of sp³-hybridized carbons (Fsp3) is 0.400. The van der Waals surface area contributed by atoms with E-state index in [1.54, 1.807) is 0 Å². The van der Waals surface area contributed by atoms with Crippen molar-refractivity contribution in [1.82, 2.24) is 4.57 Å². The number of aryl methyl sites for hydroxylation is 1. The summed E-state index contributed by atoms with van der Waals surface area (Å²) in [5, 5.41) is 1.38. The molecule has 0 aliphatic heterocycles. The molecular formula is C25H33NO3Si. The van der Waals surface area contributed by atoms with Gasteiger partial charge in [0.15, 0.2) is 9.76 Å². The fourth-order valence-electron chi connectivity index (χ4n) is 3.67. The first-order valence-corrected chi connectivity index (χ1v) is 11.7. The van der Waals surface area contributed by atoms with Crippen molar-refractivity contribution in [1.29, 1.82) is 0 Å². The molecule has 4 nitrogen and oxygen atoms in total. The van der Waals surface area contributed by atoms with Crippen molar-refractivity contribution >= 4 is 26.6 Å². The van der Waals surface area contributed by atoms with E-state index < -0.39 is 9.76 Å². The third kappa shape index (κ3) is 4.85. The summed E-state index contributed by atoms with van der Waals surface area (Å²) in [6.45, 7) is 13.8. The average molecular weight is 424 g/mol. The van der Waals surface area contributed by atoms with Crippen LogP contribution in [0.25, 0.3) is 10.9 Å². The first-order chi connectivity index (χ1) is 14.0. The highest BCUT2D eigenvalue weighted by Crippen LogP contribution is 2.30. The zero-order valence-corrected chi connectivity index (χ0v) is 20.6. The first-order valence-electron chi connectivity index (χ1n) is 10.4. The molecule has 0 amide bonds. The van der Waals surface area contributed by atoms with Gasteiger partial charge in [-0.25, -0.2) is 4.79 Å². The van der Waals surface area contributed by atoms with Gasteiger partial charge in [0, 0.05) is 12.7 Å². The van der Waals surface area contributed by atoms with Crippen LogP contribution in [-0.2, 0) is 21.3 Å². The molecule has 5 heteroatoms. The molecule has 30 heavy (non-hydrogen) atoms. The lowest BCUT2D eigenvalue weighted by molar-refractivity contribution is 0.0600. The number of rotatable bonds is 6. The summed E-state index contributed by atoms with van der Waals surface area (Å²) >= 11 is 0. The molecule has 0 saturated heterocycles. The van der Waals surface area contributed by atoms with E-state index in [4.69, 9.17) is 9.16 Å². The number of hydrogen-bond donors (Lipinski definition) is 0. The Morgan fingerprint density at radius 2 is 1.80 bits per heavy atom. The van der Waals surface area contributed by atoms with Crippen LogP contribution in [0.5, 0.6) is 0 Å². The van der Waals surface area contributed by atoms with Crippen molar-refractivity contribution in [2.75, 3.05) is 7.11 Å². The number of nitrogens with zero attached hydrogens (tertiary/aromatic N) is 1. The van der Waals surface area contributed by atoms with E-state index in [0.29, 0.717) is 5.56 Å². The second-order valence-electron chi connectivity index (χ2n) is 9.67. The molecule has 1 aromatic heterocycles. The highest BCUT2D eigenvalue weighted by atomic mass is 28.2. The lowest BCUT2D eigenvalue weighted by Crippen LogP contribution is -2.27. The molecule has 0 N–H and O–H groups in total. The number of ether oxygens (including phenoxy) is 1. The molecule has 0 fully saturated rings. The standard InChI is InChI=1S/C25H33NO3Si/c1-17-21(23(27)28-7)12-11-19-13-14-26(22(17)19)16-18-9-8-10-20(15-18)25(5,6)29-30-24(2,3)4/h8-15H,16,30H2,1-7H3. The molecular weight excluding hydrogens is 390 g/mol. The summed E-state index contributed by atoms with van der Waals surface area (Å²) in [5.74, 6) is -0.300. The van der Waals surface area contributed by atoms with Gasteiger partial charge >= 0.3 is 5.97 Å². The van der Waals surface area contributed by atoms with Crippen LogP contribution in [0.2, 0.25) is 5.04 Å². The maximum Gasteiger partial charge on any atom is 0.338 e. The summed E-state index contributed by atoms with van der Waals surface area (Å²) in [4.78, 5) is 12.1. The number of carbonyl (C=O) groups is 1. The number of fused-ring (bicyclic) bond motifs is 1. The fourth-order valence-corrected chi connectivity index (χ4v) is 4.63. The summed E-state index contributed by atoms with van der Waals surface area (Å²) in [7, 11) is 0.764. The van der Waals surface area contributed by atoms with Gasteiger partial charge in [0.05, 0.1) is 23.8 Å². The highest BCUT2D eigenvalue weighted by molar-refractivity contribution is 6.31. The number of methoxy groups -OCH3 is 1. The maximum atomic E-state index is 12.1. The molecule has 0 spiro atoms. The molecule has 2 aromatic carbocycles. The van der Waals surface area contributed by atoms with Crippen molar-refractivity contribution in [3.05, 3.63) is 70.9 Å². The Bertz CT molecular complexity index is 1060. The Kier molecular flexibility index (Phi) is 6.25. The molecule has 160 valence electrons. The van der Waals surface area contributed by atoms with E-state index in [-0.39, 0.29) is 16.6 Å². The minimum atomic E-state index is -0.656. The number of hydrogen-bond acceptors (Lipinski definition) is 3. The largest absolute Gasteiger partial charge is 0.465 e. The number of aromatic nitrogens is 1. The van der Waals surface area contributed by atoms with E-state index in [9.17, 15) is 4.79 Å². The predicted octanol–water partition coefficient (Wildman–Crippen LogP) is 5.34. The minimum Gasteiger partial charge on any atom is -0.465 e. The molecule has 1 heterocycles. The molecule has 3 rings (SSSR count). The quantitative estimate of drug-likeness (QED) is 0.397. The van der Waals surface area contributed by atoms with Gasteiger partial charge in [0.1, 0.15) is 0 Å². The Morgan fingerprint density at radius 1 is 1.07 bits per heavy atom. The first kappa shape index (κ1) is 22.3. The van der Waals surface area contributed by atoms with Crippen molar-refractivity contribution in [3.63, 3.8) is 0 Å². The van der Waals surface area contributed by atoms with Crippen molar-refractivity contribution in [2.45, 2.75) is 58.7 Å². The molecule has 0 aliphatic carbocycles. The molecule has 0 atom stereocenters. The number of carbonyl (C=O) groups excluding carboxylic acids is 1. The van der Waals surface area contributed by atoms with E-state index in [1.807, 2.05) is 19.1 Å². The SMILES string of the molecule is COC(=O)c1ccc2ccn(Cc3cccc(C(C)(C)O[SiH2]C(C)(C)C)c3)c2c1C. The highest BCUT2D eigenvalue weighted by Gasteiger charge is 2.24. The van der Waals surface area contributed by atoms with Crippen LogP contribution in [0.3, 0.4) is 0 Å². The third-order valence-corrected chi connectivity index (χ3v) is 7.16. The van der Waals surface area contributed by atoms with Crippen LogP contribution in [0.15, 0.2) is 48.7 Å². The number of esters is 1. The second kappa shape index (κ2) is 8.40. The van der Waals surface area contributed by atoms with Gasteiger partial charge in [0.25, 0.3) is 0 Å². The molecule has 0 aliphatic rings. The molecule has 0 bridgehead atoms. The van der Waals surface area contributed by atoms with Crippen LogP contribution >= 0.6 is 0 Å². The lowest BCUT2D eigenvalue weighted by Gasteiger charge is -2.30. The Hall–Kier alpha value is -2.37. The van der Waals surface area contributed by atoms with Gasteiger partial charge in [-0.05, 0) is 60.0 Å². The van der Waals surface area contributed by atoms with Crippen molar-refractivity contribution in [2.24, 2.45) is 0 Å². The molecule has 0 unspecified atom stereocenters. The topological polar surface area (TPSA) is 40.5 Å². The maximum absolute atomic E-state index is 12.1. The summed E-state index contributed by atoms with van der Waals surface area (Å²) in [6, 6.07) is 14.6. The molecule has 0 radical (unpaired) electrons. The van der Waals surface area contributed by atoms with Crippen molar-refractivity contribution in [3.8, 4) is 0 Å². The van der Waals surface area contributed by atoms with E-state index >= 15 is 0 Å². The van der Waals surface area contributed by atoms with Gasteiger partial charge in [-0.15, -0.1) is 0 Å². The van der Waals surface area contributed by atoms with E-state index in [0.717, 1.165) is 23.0 Å². The monoisotopic (exact) mass is 423 g/mol. The van der Waals surface area contributed by atoms with E-state index in [1.165, 1.54) is 18.2 Å². The molecule has 3 aromatic rings. The number of benzene rings is 2. The third-order valence-electron chi connectivity index (χ3n) is 5.43. The van der Waals surface area contributed by atoms with Gasteiger partial charge in [-0.1, -0.05) is 51.1 Å². The summed E-state index contributed by atoms with van der Waals surface area (Å²) < 4.78 is 13.5. The van der Waals surface area contributed by atoms with E-state index in [2.05, 4.69) is 75.7 Å². The Balaban J connectivity index is 1.91. The van der Waals surface area contributed by atoms with Gasteiger partial charge in [-0.3, -0.25) is 0 Å². The van der Waals surface area contributed by atoms with Crippen LogP contribution < -0.4 is 0 Å². The second-order valence-corrected chi connectivity index (χ2v) is 12.4. The van der Waals surface area contributed by atoms with Crippen molar-refractivity contribution < 1.29 is 14.0 Å². The average Bonchev–Trinajstić information content (AvgIpc) is 3.09. The molecule has 0 saturated carbocycles. The smallest absolute Gasteiger partial charge is 0.338 e. The van der Waals surface area contributed by atoms with Gasteiger partial charge < -0.3 is 13.7 Å². The Morgan fingerprint density at radius 3 is 2.47 bits per heavy atom. The minimum absolute atomic E-state index is 0.258. The van der Waals surface area contributed by atoms with Gasteiger partial charge in [-0.2, -0.15) is 0 Å². The van der Waals surface area contributed by atoms with Crippen LogP contribution in [0, 0.1) is 6.92 Å². The predicted molar refractivity (Wildman–Crippen MR) is 126 cm³/mol. The summed E-state index contributed by atoms with van der Waals surface area (Å²) in [5.41, 5.74) is 4.73. The zero-order valence-electron chi connectivity index (χ0n) is 19.2. The summed E-state index contributed by atoms with van der Waals surface area (Å²) in [6.07, 6.45) is 2.08. The van der Waals surface area contributed by atoms with Gasteiger partial charge in [0.2, 0.25) is 0 Å². The lowest BCUT2D eigenvalue weighted by atomic mass is 9.96. The Labute approximate surface area is 182 Å². The normalized spacial score (nSPS) is 12.8. The van der Waals surface area contributed by atoms with Crippen LogP contribution in [-0.4, -0.2) is 27.4 Å².